The largest absolute Gasteiger partial charge is 0.370 e. The van der Waals surface area contributed by atoms with Crippen LogP contribution >= 0.6 is 0 Å². The van der Waals surface area contributed by atoms with Gasteiger partial charge < -0.3 is 95.9 Å². The first-order chi connectivity index (χ1) is 54.2. The van der Waals surface area contributed by atoms with Crippen LogP contribution in [0.3, 0.4) is 0 Å². The van der Waals surface area contributed by atoms with Gasteiger partial charge in [0.25, 0.3) is 0 Å². The zero-order valence-corrected chi connectivity index (χ0v) is 64.4. The lowest BCUT2D eigenvalue weighted by Gasteiger charge is -2.32. The molecule has 13 amide bonds. The predicted molar refractivity (Wildman–Crippen MR) is 423 cm³/mol. The van der Waals surface area contributed by atoms with Crippen LogP contribution in [0.25, 0.3) is 21.8 Å². The minimum Gasteiger partial charge on any atom is -0.370 e. The van der Waals surface area contributed by atoms with Crippen molar-refractivity contribution in [2.24, 2.45) is 28.9 Å². The number of guanidine groups is 1. The number of primary amides is 2. The molecule has 3 aliphatic rings. The fourth-order valence-electron chi connectivity index (χ4n) is 15.3. The Morgan fingerprint density at radius 3 is 1.37 bits per heavy atom. The van der Waals surface area contributed by atoms with Crippen LogP contribution < -0.4 is 76.1 Å². The van der Waals surface area contributed by atoms with Crippen molar-refractivity contribution in [2.45, 2.75) is 215 Å². The molecule has 0 spiro atoms. The lowest BCUT2D eigenvalue weighted by Crippen LogP contribution is -2.62. The highest BCUT2D eigenvalue weighted by Gasteiger charge is 2.45. The summed E-state index contributed by atoms with van der Waals surface area (Å²) in [7, 11) is 0. The molecule has 2 aromatic heterocycles. The normalized spacial score (nSPS) is 17.2. The van der Waals surface area contributed by atoms with E-state index in [2.05, 4.69) is 63.1 Å². The number of carbonyl (C=O) groups is 13. The Morgan fingerprint density at radius 2 is 0.912 bits per heavy atom. The number of fused-ring (bicyclic) bond motifs is 2. The van der Waals surface area contributed by atoms with Gasteiger partial charge in [-0.05, 0) is 130 Å². The quantitative estimate of drug-likeness (QED) is 0.0147. The molecule has 32 nitrogen and oxygen atoms in total. The summed E-state index contributed by atoms with van der Waals surface area (Å²) in [5.74, 6) is -9.78. The van der Waals surface area contributed by atoms with Gasteiger partial charge >= 0.3 is 0 Å². The van der Waals surface area contributed by atoms with Crippen molar-refractivity contribution in [2.75, 3.05) is 26.2 Å². The number of benzene rings is 4. The van der Waals surface area contributed by atoms with Gasteiger partial charge in [-0.3, -0.25) is 67.7 Å². The van der Waals surface area contributed by atoms with Crippen LogP contribution in [0.5, 0.6) is 0 Å². The number of aromatic nitrogens is 2. The molecule has 606 valence electrons. The molecular weight excluding hydrogens is 1450 g/mol. The van der Waals surface area contributed by atoms with Crippen LogP contribution in [-0.2, 0) is 88.0 Å². The Balaban J connectivity index is 0.968. The summed E-state index contributed by atoms with van der Waals surface area (Å²) >= 11 is 0. The Bertz CT molecular complexity index is 4350. The highest BCUT2D eigenvalue weighted by Crippen LogP contribution is 2.31. The number of hydrogen-bond donors (Lipinski definition) is 17. The number of likely N-dealkylation sites (tertiary alicyclic amines) is 2. The van der Waals surface area contributed by atoms with Gasteiger partial charge in [0.1, 0.15) is 66.0 Å². The second-order valence-electron chi connectivity index (χ2n) is 30.1. The zero-order chi connectivity index (χ0) is 81.3. The van der Waals surface area contributed by atoms with Crippen LogP contribution in [0.15, 0.2) is 122 Å². The molecule has 113 heavy (non-hydrogen) atoms. The molecule has 0 unspecified atom stereocenters. The van der Waals surface area contributed by atoms with Crippen LogP contribution in [0, 0.1) is 11.3 Å². The third kappa shape index (κ3) is 23.9. The summed E-state index contributed by atoms with van der Waals surface area (Å²) in [6, 6.07) is 18.9. The van der Waals surface area contributed by atoms with Gasteiger partial charge in [0, 0.05) is 92.9 Å². The minimum atomic E-state index is -1.63. The minimum absolute atomic E-state index is 0.0902. The molecule has 21 N–H and O–H groups in total. The van der Waals surface area contributed by atoms with Crippen molar-refractivity contribution in [1.82, 2.24) is 72.9 Å². The fraction of sp³-hybridized carbons (Fsp3) is 0.481. The van der Waals surface area contributed by atoms with E-state index in [1.807, 2.05) is 56.3 Å². The van der Waals surface area contributed by atoms with E-state index in [9.17, 15) is 38.4 Å². The van der Waals surface area contributed by atoms with Gasteiger partial charge in [-0.25, -0.2) is 0 Å². The van der Waals surface area contributed by atoms with E-state index < -0.39 is 156 Å². The SMILES string of the molecule is CC(=O)N[C@H](CCCNC(=N)N)C(=O)N1CCC[C@H]1C(=O)N[C@@H](CCCCN)C(=O)N1CCC[C@H]1C(=O)N[C@H](Cc1ccccc1)C(=O)N[C@@H](CCC(N)=O)C(=O)N[C@H](Cc1c[nH]c2ccccc12)C(=O)N[C@@H](Cc1ccccc1)C(=O)N[C@H](Cc1c[nH]c2ccccc12)C(=O)N[C@@H](CC(C)C)C(=O)NC1(C(N)=O)CCCC1. The molecule has 0 bridgehead atoms. The zero-order valence-electron chi connectivity index (χ0n) is 64.4. The standard InChI is InChI=1S/C81H109N19O13/c1-48(2)41-61(74(108)98-81(79(84)113)35-15-16-36-81)93-72(106)65(45-53-47-89-57-28-13-11-26-55(53)57)96-71(105)62(42-50-21-6-4-7-22-50)94-73(107)64(44-52-46-88-56-27-12-10-25-54(52)56)95-69(103)58(33-34-68(83)102)91-70(104)63(43-51-23-8-5-9-24-51)97-76(110)67-32-20-40-100(67)78(112)60(29-14-17-37-82)92-75(109)66-31-19-39-99(66)77(111)59(90-49(3)101)30-18-38-87-80(85)86/h4-13,21-28,46-48,58-67,88-89H,14-20,29-45,82H2,1-3H3,(H2,83,102)(H2,84,113)(H,90,101)(H,91,104)(H,92,109)(H,93,106)(H,94,107)(H,95,103)(H,96,105)(H,97,110)(H,98,108)(H4,85,86,87)/t58-,59+,60-,61-,62-,63+,64+,65+,66-,67-/m0/s1. The van der Waals surface area contributed by atoms with E-state index in [0.717, 1.165) is 10.9 Å². The Labute approximate surface area is 656 Å². The highest BCUT2D eigenvalue weighted by molar-refractivity contribution is 6.01. The summed E-state index contributed by atoms with van der Waals surface area (Å²) in [6.07, 6.45) is 6.74. The molecule has 4 heterocycles. The van der Waals surface area contributed by atoms with Gasteiger partial charge in [0.05, 0.1) is 0 Å². The maximum Gasteiger partial charge on any atom is 0.245 e. The van der Waals surface area contributed by atoms with Crippen molar-refractivity contribution in [3.63, 3.8) is 0 Å². The van der Waals surface area contributed by atoms with E-state index in [1.165, 1.54) is 16.7 Å². The van der Waals surface area contributed by atoms with Crippen molar-refractivity contribution in [3.05, 3.63) is 144 Å². The molecule has 6 aromatic rings. The van der Waals surface area contributed by atoms with E-state index >= 15 is 24.0 Å². The summed E-state index contributed by atoms with van der Waals surface area (Å²) in [6.45, 7) is 5.83. The molecule has 32 heteroatoms. The predicted octanol–water partition coefficient (Wildman–Crippen LogP) is 1.42. The molecule has 0 radical (unpaired) electrons. The lowest BCUT2D eigenvalue weighted by molar-refractivity contribution is -0.144. The Morgan fingerprint density at radius 1 is 0.487 bits per heavy atom. The maximum atomic E-state index is 15.5. The number of para-hydroxylation sites is 2. The summed E-state index contributed by atoms with van der Waals surface area (Å²) in [4.78, 5) is 196. The average molecular weight is 1560 g/mol. The molecule has 2 aliphatic heterocycles. The first-order valence-electron chi connectivity index (χ1n) is 39.1. The smallest absolute Gasteiger partial charge is 0.245 e. The van der Waals surface area contributed by atoms with Crippen molar-refractivity contribution in [1.29, 1.82) is 5.41 Å². The first-order valence-corrected chi connectivity index (χ1v) is 39.1. The topological polar surface area (TPSA) is 508 Å². The number of nitrogens with two attached hydrogens (primary N) is 4. The number of rotatable bonds is 41. The average Bonchev–Trinajstić information content (AvgIpc) is 1.69. The fourth-order valence-corrected chi connectivity index (χ4v) is 15.3. The third-order valence-electron chi connectivity index (χ3n) is 21.1. The van der Waals surface area contributed by atoms with E-state index in [-0.39, 0.29) is 95.8 Å². The molecule has 10 atom stereocenters. The van der Waals surface area contributed by atoms with E-state index in [1.54, 1.807) is 79.1 Å². The van der Waals surface area contributed by atoms with Gasteiger partial charge in [-0.2, -0.15) is 0 Å². The van der Waals surface area contributed by atoms with Gasteiger partial charge in [0.15, 0.2) is 5.96 Å². The van der Waals surface area contributed by atoms with Gasteiger partial charge in [-0.1, -0.05) is 124 Å². The second kappa shape index (κ2) is 41.0. The molecular formula is C81H109N19O13. The summed E-state index contributed by atoms with van der Waals surface area (Å²) < 4.78 is 0. The molecule has 9 rings (SSSR count). The number of aromatic amines is 2. The lowest BCUT2D eigenvalue weighted by atomic mass is 9.94. The molecule has 3 fully saturated rings. The van der Waals surface area contributed by atoms with Crippen molar-refractivity contribution in [3.8, 4) is 0 Å². The Kier molecular flexibility index (Phi) is 31.0. The number of nitrogens with zero attached hydrogens (tertiary/aromatic N) is 2. The number of H-pyrrole nitrogens is 2. The van der Waals surface area contributed by atoms with Crippen molar-refractivity contribution < 1.29 is 62.3 Å². The Hall–Kier alpha value is -11.7. The maximum absolute atomic E-state index is 15.5. The summed E-state index contributed by atoms with van der Waals surface area (Å²) in [5.41, 5.74) is 25.4. The van der Waals surface area contributed by atoms with E-state index in [4.69, 9.17) is 28.3 Å². The van der Waals surface area contributed by atoms with Crippen LogP contribution in [0.4, 0.5) is 0 Å². The first kappa shape index (κ1) is 85.3. The van der Waals surface area contributed by atoms with Gasteiger partial charge in [0.2, 0.25) is 76.8 Å². The monoisotopic (exact) mass is 1560 g/mol. The molecule has 1 saturated carbocycles. The van der Waals surface area contributed by atoms with E-state index in [0.29, 0.717) is 90.9 Å². The number of hydrogen-bond acceptors (Lipinski definition) is 15. The second-order valence-corrected chi connectivity index (χ2v) is 30.1. The highest BCUT2D eigenvalue weighted by atomic mass is 16.2. The summed E-state index contributed by atoms with van der Waals surface area (Å²) in [5, 5.41) is 37.1. The number of amides is 13. The van der Waals surface area contributed by atoms with Crippen LogP contribution in [0.1, 0.15) is 146 Å². The van der Waals surface area contributed by atoms with Crippen LogP contribution in [0.2, 0.25) is 0 Å². The molecule has 2 saturated heterocycles. The molecule has 4 aromatic carbocycles. The number of unbranched alkanes of at least 4 members (excludes halogenated alkanes) is 1. The van der Waals surface area contributed by atoms with Crippen molar-refractivity contribution >= 4 is 105 Å². The third-order valence-corrected chi connectivity index (χ3v) is 21.1. The van der Waals surface area contributed by atoms with Gasteiger partial charge in [-0.15, -0.1) is 0 Å². The molecule has 1 aliphatic carbocycles. The van der Waals surface area contributed by atoms with Crippen LogP contribution in [-0.4, -0.2) is 195 Å². The number of nitrogens with one attached hydrogen (secondary N) is 13. The number of carbonyl (C=O) groups excluding carboxylic acids is 13.